The zero-order valence-corrected chi connectivity index (χ0v) is 12.5. The highest BCUT2D eigenvalue weighted by atomic mass is 16.5. The van der Waals surface area contributed by atoms with Gasteiger partial charge in [-0.3, -0.25) is 9.69 Å². The topological polar surface area (TPSA) is 38.8 Å². The standard InChI is InChI=1S/C16H23NO3/c1-4-17-7-8-19-15(10-17)11-20-16-6-5-14(13(3)18)9-12(16)2/h5-6,9,15H,4,7-8,10-11H2,1-3H3. The van der Waals surface area contributed by atoms with Crippen molar-refractivity contribution < 1.29 is 14.3 Å². The molecule has 4 heteroatoms. The lowest BCUT2D eigenvalue weighted by Crippen LogP contribution is -2.44. The van der Waals surface area contributed by atoms with Crippen molar-refractivity contribution in [3.05, 3.63) is 29.3 Å². The smallest absolute Gasteiger partial charge is 0.159 e. The Hall–Kier alpha value is -1.39. The molecule has 2 rings (SSSR count). The number of nitrogens with zero attached hydrogens (tertiary/aromatic N) is 1. The molecule has 1 aromatic rings. The molecule has 0 bridgehead atoms. The number of morpholine rings is 1. The van der Waals surface area contributed by atoms with Gasteiger partial charge in [-0.25, -0.2) is 0 Å². The molecule has 1 atom stereocenters. The number of ether oxygens (including phenoxy) is 2. The van der Waals surface area contributed by atoms with Crippen molar-refractivity contribution in [1.29, 1.82) is 0 Å². The molecular weight excluding hydrogens is 254 g/mol. The average molecular weight is 277 g/mol. The van der Waals surface area contributed by atoms with Crippen molar-refractivity contribution in [1.82, 2.24) is 4.90 Å². The molecule has 0 N–H and O–H groups in total. The maximum Gasteiger partial charge on any atom is 0.159 e. The summed E-state index contributed by atoms with van der Waals surface area (Å²) in [6.45, 7) is 9.98. The highest BCUT2D eigenvalue weighted by Crippen LogP contribution is 2.20. The van der Waals surface area contributed by atoms with E-state index in [0.29, 0.717) is 6.61 Å². The number of hydrogen-bond donors (Lipinski definition) is 0. The third kappa shape index (κ3) is 3.81. The van der Waals surface area contributed by atoms with Gasteiger partial charge in [0.25, 0.3) is 0 Å². The second-order valence-corrected chi connectivity index (χ2v) is 5.23. The van der Waals surface area contributed by atoms with Crippen molar-refractivity contribution in [2.75, 3.05) is 32.8 Å². The maximum absolute atomic E-state index is 11.3. The van der Waals surface area contributed by atoms with Gasteiger partial charge in [-0.15, -0.1) is 0 Å². The molecule has 0 saturated carbocycles. The van der Waals surface area contributed by atoms with E-state index in [1.165, 1.54) is 0 Å². The fourth-order valence-electron chi connectivity index (χ4n) is 2.38. The Labute approximate surface area is 120 Å². The van der Waals surface area contributed by atoms with Crippen LogP contribution in [-0.4, -0.2) is 49.6 Å². The summed E-state index contributed by atoms with van der Waals surface area (Å²) in [6, 6.07) is 5.55. The van der Waals surface area contributed by atoms with Gasteiger partial charge in [-0.2, -0.15) is 0 Å². The van der Waals surface area contributed by atoms with Crippen LogP contribution in [0, 0.1) is 6.92 Å². The van der Waals surface area contributed by atoms with Gasteiger partial charge >= 0.3 is 0 Å². The molecule has 0 radical (unpaired) electrons. The minimum atomic E-state index is 0.0776. The number of rotatable bonds is 5. The van der Waals surface area contributed by atoms with E-state index in [1.807, 2.05) is 25.1 Å². The first-order valence-electron chi connectivity index (χ1n) is 7.18. The number of ketones is 1. The van der Waals surface area contributed by atoms with Crippen LogP contribution in [0.2, 0.25) is 0 Å². The number of likely N-dealkylation sites (N-methyl/N-ethyl adjacent to an activating group) is 1. The van der Waals surface area contributed by atoms with Crippen molar-refractivity contribution in [3.8, 4) is 5.75 Å². The third-order valence-corrected chi connectivity index (χ3v) is 3.68. The number of Topliss-reactive ketones (excluding diaryl/α,β-unsaturated/α-hetero) is 1. The Morgan fingerprint density at radius 2 is 2.30 bits per heavy atom. The Bertz CT molecular complexity index is 473. The Morgan fingerprint density at radius 3 is 2.95 bits per heavy atom. The van der Waals surface area contributed by atoms with Crippen LogP contribution in [0.25, 0.3) is 0 Å². The van der Waals surface area contributed by atoms with E-state index in [2.05, 4.69) is 11.8 Å². The molecule has 1 unspecified atom stereocenters. The van der Waals surface area contributed by atoms with Crippen LogP contribution in [0.4, 0.5) is 0 Å². The molecule has 1 saturated heterocycles. The molecule has 0 amide bonds. The average Bonchev–Trinajstić information content (AvgIpc) is 2.46. The lowest BCUT2D eigenvalue weighted by molar-refractivity contribution is -0.0464. The molecule has 1 heterocycles. The van der Waals surface area contributed by atoms with Crippen LogP contribution in [-0.2, 0) is 4.74 Å². The number of aryl methyl sites for hydroxylation is 1. The summed E-state index contributed by atoms with van der Waals surface area (Å²) in [4.78, 5) is 13.7. The van der Waals surface area contributed by atoms with E-state index < -0.39 is 0 Å². The first kappa shape index (κ1) is 15.0. The minimum absolute atomic E-state index is 0.0776. The summed E-state index contributed by atoms with van der Waals surface area (Å²) >= 11 is 0. The second kappa shape index (κ2) is 6.86. The zero-order chi connectivity index (χ0) is 14.5. The van der Waals surface area contributed by atoms with Crippen LogP contribution >= 0.6 is 0 Å². The molecule has 20 heavy (non-hydrogen) atoms. The number of carbonyl (C=O) groups is 1. The van der Waals surface area contributed by atoms with Crippen LogP contribution in [0.15, 0.2) is 18.2 Å². The normalized spacial score (nSPS) is 19.9. The molecule has 110 valence electrons. The molecule has 0 aliphatic carbocycles. The number of hydrogen-bond acceptors (Lipinski definition) is 4. The summed E-state index contributed by atoms with van der Waals surface area (Å²) in [5, 5.41) is 0. The Kier molecular flexibility index (Phi) is 5.15. The minimum Gasteiger partial charge on any atom is -0.491 e. The van der Waals surface area contributed by atoms with Crippen LogP contribution in [0.3, 0.4) is 0 Å². The molecule has 1 fully saturated rings. The predicted molar refractivity (Wildman–Crippen MR) is 78.5 cm³/mol. The summed E-state index contributed by atoms with van der Waals surface area (Å²) in [5.41, 5.74) is 1.71. The van der Waals surface area contributed by atoms with Crippen molar-refractivity contribution in [2.45, 2.75) is 26.9 Å². The molecule has 0 aromatic heterocycles. The Morgan fingerprint density at radius 1 is 1.50 bits per heavy atom. The SMILES string of the molecule is CCN1CCOC(COc2ccc(C(C)=O)cc2C)C1. The molecule has 4 nitrogen and oxygen atoms in total. The van der Waals surface area contributed by atoms with Gasteiger partial charge < -0.3 is 9.47 Å². The lowest BCUT2D eigenvalue weighted by atomic mass is 10.1. The van der Waals surface area contributed by atoms with Gasteiger partial charge in [0.05, 0.1) is 6.61 Å². The van der Waals surface area contributed by atoms with E-state index >= 15 is 0 Å². The van der Waals surface area contributed by atoms with Crippen molar-refractivity contribution >= 4 is 5.78 Å². The van der Waals surface area contributed by atoms with E-state index in [4.69, 9.17) is 9.47 Å². The summed E-state index contributed by atoms with van der Waals surface area (Å²) in [7, 11) is 0. The largest absolute Gasteiger partial charge is 0.491 e. The number of carbonyl (C=O) groups excluding carboxylic acids is 1. The molecule has 1 aromatic carbocycles. The predicted octanol–water partition coefficient (Wildman–Crippen LogP) is 2.30. The maximum atomic E-state index is 11.3. The highest BCUT2D eigenvalue weighted by Gasteiger charge is 2.20. The molecule has 0 spiro atoms. The molecule has 1 aliphatic rings. The van der Waals surface area contributed by atoms with E-state index in [-0.39, 0.29) is 11.9 Å². The third-order valence-electron chi connectivity index (χ3n) is 3.68. The summed E-state index contributed by atoms with van der Waals surface area (Å²) < 4.78 is 11.6. The summed E-state index contributed by atoms with van der Waals surface area (Å²) in [5.74, 6) is 0.904. The highest BCUT2D eigenvalue weighted by molar-refractivity contribution is 5.94. The lowest BCUT2D eigenvalue weighted by Gasteiger charge is -2.32. The second-order valence-electron chi connectivity index (χ2n) is 5.23. The van der Waals surface area contributed by atoms with Gasteiger partial charge in [-0.05, 0) is 44.2 Å². The van der Waals surface area contributed by atoms with Gasteiger partial charge in [0, 0.05) is 18.7 Å². The first-order valence-corrected chi connectivity index (χ1v) is 7.18. The number of benzene rings is 1. The van der Waals surface area contributed by atoms with Crippen LogP contribution in [0.5, 0.6) is 5.75 Å². The zero-order valence-electron chi connectivity index (χ0n) is 12.5. The van der Waals surface area contributed by atoms with E-state index in [0.717, 1.165) is 43.1 Å². The molecule has 1 aliphatic heterocycles. The van der Waals surface area contributed by atoms with E-state index in [9.17, 15) is 4.79 Å². The summed E-state index contributed by atoms with van der Waals surface area (Å²) in [6.07, 6.45) is 0.121. The first-order chi connectivity index (χ1) is 9.60. The molecular formula is C16H23NO3. The van der Waals surface area contributed by atoms with Gasteiger partial charge in [0.15, 0.2) is 5.78 Å². The quantitative estimate of drug-likeness (QED) is 0.774. The van der Waals surface area contributed by atoms with Crippen molar-refractivity contribution in [2.24, 2.45) is 0 Å². The van der Waals surface area contributed by atoms with Gasteiger partial charge in [0.1, 0.15) is 18.5 Å². The van der Waals surface area contributed by atoms with Crippen LogP contribution < -0.4 is 4.74 Å². The fraction of sp³-hybridized carbons (Fsp3) is 0.562. The van der Waals surface area contributed by atoms with Crippen LogP contribution in [0.1, 0.15) is 29.8 Å². The van der Waals surface area contributed by atoms with E-state index in [1.54, 1.807) is 6.92 Å². The monoisotopic (exact) mass is 277 g/mol. The Balaban J connectivity index is 1.92. The fourth-order valence-corrected chi connectivity index (χ4v) is 2.38. The van der Waals surface area contributed by atoms with Gasteiger partial charge in [0.2, 0.25) is 0 Å². The van der Waals surface area contributed by atoms with Gasteiger partial charge in [-0.1, -0.05) is 6.92 Å². The van der Waals surface area contributed by atoms with Crippen molar-refractivity contribution in [3.63, 3.8) is 0 Å².